The predicted molar refractivity (Wildman–Crippen MR) is 124 cm³/mol. The minimum atomic E-state index is -0.132. The van der Waals surface area contributed by atoms with Crippen LogP contribution in [-0.2, 0) is 19.4 Å². The van der Waals surface area contributed by atoms with E-state index in [1.165, 1.54) is 4.88 Å². The first-order valence-electron chi connectivity index (χ1n) is 10.4. The number of methoxy groups -OCH3 is 3. The normalized spacial score (nSPS) is 13.1. The first-order chi connectivity index (χ1) is 15.7. The van der Waals surface area contributed by atoms with Crippen LogP contribution < -0.4 is 19.5 Å². The number of aryl methyl sites for hydroxylation is 1. The molecule has 0 bridgehead atoms. The Kier molecular flexibility index (Phi) is 6.80. The fraction of sp³-hybridized carbons (Fsp3) is 0.333. The number of aliphatic imine (C=N–C) groups is 1. The minimum Gasteiger partial charge on any atom is -0.493 e. The van der Waals surface area contributed by atoms with Gasteiger partial charge in [0.2, 0.25) is 5.75 Å². The Labute approximate surface area is 191 Å². The van der Waals surface area contributed by atoms with E-state index < -0.39 is 0 Å². The van der Waals surface area contributed by atoms with E-state index in [4.69, 9.17) is 23.6 Å². The Morgan fingerprint density at radius 1 is 1.12 bits per heavy atom. The van der Waals surface area contributed by atoms with Gasteiger partial charge in [-0.25, -0.2) is 4.99 Å². The SMILES string of the molecule is COc1ccc(C=Nc2sc3c(c2C(=O)NCc2ccco2)CCCC3)c(OC)c1OC. The van der Waals surface area contributed by atoms with Gasteiger partial charge in [-0.1, -0.05) is 0 Å². The van der Waals surface area contributed by atoms with Crippen LogP contribution in [0.5, 0.6) is 17.2 Å². The molecule has 2 aromatic heterocycles. The molecule has 1 aromatic carbocycles. The highest BCUT2D eigenvalue weighted by Crippen LogP contribution is 2.42. The standard InChI is InChI=1S/C24H26N2O5S/c1-28-18-11-10-15(21(29-2)22(18)30-3)13-26-24-20(17-8-4-5-9-19(17)32-24)23(27)25-14-16-7-6-12-31-16/h6-7,10-13H,4-5,8-9,14H2,1-3H3,(H,25,27). The summed E-state index contributed by atoms with van der Waals surface area (Å²) >= 11 is 1.58. The van der Waals surface area contributed by atoms with Crippen LogP contribution in [-0.4, -0.2) is 33.5 Å². The number of nitrogens with one attached hydrogen (secondary N) is 1. The molecule has 3 aromatic rings. The number of ether oxygens (including phenoxy) is 3. The van der Waals surface area contributed by atoms with Crippen molar-refractivity contribution in [3.63, 3.8) is 0 Å². The zero-order chi connectivity index (χ0) is 22.5. The lowest BCUT2D eigenvalue weighted by atomic mass is 9.95. The predicted octanol–water partition coefficient (Wildman–Crippen LogP) is 4.93. The third kappa shape index (κ3) is 4.36. The van der Waals surface area contributed by atoms with Gasteiger partial charge in [0.05, 0.1) is 39.7 Å². The summed E-state index contributed by atoms with van der Waals surface area (Å²) in [4.78, 5) is 19.1. The van der Waals surface area contributed by atoms with Crippen molar-refractivity contribution in [2.45, 2.75) is 32.2 Å². The van der Waals surface area contributed by atoms with Gasteiger partial charge in [-0.05, 0) is 55.5 Å². The molecule has 0 saturated carbocycles. The maximum Gasteiger partial charge on any atom is 0.255 e. The summed E-state index contributed by atoms with van der Waals surface area (Å²) in [7, 11) is 4.72. The Bertz CT molecular complexity index is 1120. The second-order valence-electron chi connectivity index (χ2n) is 7.33. The van der Waals surface area contributed by atoms with E-state index in [1.807, 2.05) is 12.1 Å². The van der Waals surface area contributed by atoms with E-state index in [0.717, 1.165) is 36.8 Å². The van der Waals surface area contributed by atoms with Crippen molar-refractivity contribution >= 4 is 28.5 Å². The number of rotatable bonds is 8. The van der Waals surface area contributed by atoms with Crippen molar-refractivity contribution in [3.8, 4) is 17.2 Å². The van der Waals surface area contributed by atoms with Crippen LogP contribution in [0.15, 0.2) is 39.9 Å². The third-order valence-corrected chi connectivity index (χ3v) is 6.64. The first kappa shape index (κ1) is 22.0. The molecule has 1 amide bonds. The van der Waals surface area contributed by atoms with E-state index >= 15 is 0 Å². The highest BCUT2D eigenvalue weighted by molar-refractivity contribution is 7.16. The van der Waals surface area contributed by atoms with E-state index in [0.29, 0.717) is 40.1 Å². The average Bonchev–Trinajstić information content (AvgIpc) is 3.47. The molecule has 0 saturated heterocycles. The van der Waals surface area contributed by atoms with Gasteiger partial charge in [-0.15, -0.1) is 11.3 Å². The number of furan rings is 1. The molecule has 32 heavy (non-hydrogen) atoms. The van der Waals surface area contributed by atoms with Crippen LogP contribution in [0.3, 0.4) is 0 Å². The number of benzene rings is 1. The Morgan fingerprint density at radius 2 is 1.94 bits per heavy atom. The summed E-state index contributed by atoms with van der Waals surface area (Å²) in [6, 6.07) is 7.30. The minimum absolute atomic E-state index is 0.132. The largest absolute Gasteiger partial charge is 0.493 e. The molecule has 8 heteroatoms. The lowest BCUT2D eigenvalue weighted by molar-refractivity contribution is 0.0948. The number of nitrogens with zero attached hydrogens (tertiary/aromatic N) is 1. The second-order valence-corrected chi connectivity index (χ2v) is 8.42. The second kappa shape index (κ2) is 9.91. The molecule has 0 atom stereocenters. The number of thiophene rings is 1. The summed E-state index contributed by atoms with van der Waals surface area (Å²) in [5.41, 5.74) is 2.51. The van der Waals surface area contributed by atoms with Crippen molar-refractivity contribution in [2.75, 3.05) is 21.3 Å². The van der Waals surface area contributed by atoms with Crippen molar-refractivity contribution in [2.24, 2.45) is 4.99 Å². The quantitative estimate of drug-likeness (QED) is 0.488. The number of hydrogen-bond donors (Lipinski definition) is 1. The summed E-state index contributed by atoms with van der Waals surface area (Å²) in [5.74, 6) is 2.18. The van der Waals surface area contributed by atoms with E-state index in [1.54, 1.807) is 57.3 Å². The van der Waals surface area contributed by atoms with Gasteiger partial charge in [0.1, 0.15) is 10.8 Å². The summed E-state index contributed by atoms with van der Waals surface area (Å²) in [5, 5.41) is 3.67. The molecule has 7 nitrogen and oxygen atoms in total. The van der Waals surface area contributed by atoms with Gasteiger partial charge in [-0.3, -0.25) is 4.79 Å². The fourth-order valence-corrected chi connectivity index (χ4v) is 5.13. The maximum absolute atomic E-state index is 13.1. The number of hydrogen-bond acceptors (Lipinski definition) is 7. The van der Waals surface area contributed by atoms with Crippen LogP contribution in [0, 0.1) is 0 Å². The Morgan fingerprint density at radius 3 is 2.66 bits per heavy atom. The summed E-state index contributed by atoms with van der Waals surface area (Å²) < 4.78 is 21.7. The number of fused-ring (bicyclic) bond motifs is 1. The molecule has 0 radical (unpaired) electrons. The molecule has 1 aliphatic carbocycles. The van der Waals surface area contributed by atoms with E-state index in [2.05, 4.69) is 5.32 Å². The van der Waals surface area contributed by atoms with Gasteiger partial charge in [0.15, 0.2) is 11.5 Å². The van der Waals surface area contributed by atoms with E-state index in [9.17, 15) is 4.79 Å². The molecule has 168 valence electrons. The van der Waals surface area contributed by atoms with Crippen molar-refractivity contribution in [1.29, 1.82) is 0 Å². The number of carbonyl (C=O) groups excluding carboxylic acids is 1. The number of amides is 1. The molecule has 0 spiro atoms. The summed E-state index contributed by atoms with van der Waals surface area (Å²) in [6.07, 6.45) is 7.39. The highest BCUT2D eigenvalue weighted by Gasteiger charge is 2.25. The highest BCUT2D eigenvalue weighted by atomic mass is 32.1. The number of carbonyl (C=O) groups is 1. The third-order valence-electron chi connectivity index (χ3n) is 5.44. The van der Waals surface area contributed by atoms with Gasteiger partial charge in [0, 0.05) is 16.7 Å². The molecule has 1 N–H and O–H groups in total. The lowest BCUT2D eigenvalue weighted by Crippen LogP contribution is -2.23. The molecule has 1 aliphatic rings. The van der Waals surface area contributed by atoms with Gasteiger partial charge in [0.25, 0.3) is 5.91 Å². The molecule has 4 rings (SSSR count). The monoisotopic (exact) mass is 454 g/mol. The maximum atomic E-state index is 13.1. The topological polar surface area (TPSA) is 82.3 Å². The molecule has 0 aliphatic heterocycles. The van der Waals surface area contributed by atoms with Crippen molar-refractivity contribution in [1.82, 2.24) is 5.32 Å². The van der Waals surface area contributed by atoms with Gasteiger partial charge in [-0.2, -0.15) is 0 Å². The molecular formula is C24H26N2O5S. The van der Waals surface area contributed by atoms with Crippen LogP contribution in [0.25, 0.3) is 0 Å². The fourth-order valence-electron chi connectivity index (χ4n) is 3.90. The van der Waals surface area contributed by atoms with Crippen molar-refractivity contribution < 1.29 is 23.4 Å². The zero-order valence-electron chi connectivity index (χ0n) is 18.4. The van der Waals surface area contributed by atoms with Crippen LogP contribution >= 0.6 is 11.3 Å². The van der Waals surface area contributed by atoms with Crippen LogP contribution in [0.4, 0.5) is 5.00 Å². The molecule has 0 unspecified atom stereocenters. The smallest absolute Gasteiger partial charge is 0.255 e. The van der Waals surface area contributed by atoms with Crippen molar-refractivity contribution in [3.05, 3.63) is 57.9 Å². The average molecular weight is 455 g/mol. The molecule has 0 fully saturated rings. The van der Waals surface area contributed by atoms with Gasteiger partial charge >= 0.3 is 0 Å². The molecular weight excluding hydrogens is 428 g/mol. The van der Waals surface area contributed by atoms with Crippen LogP contribution in [0.1, 0.15) is 45.0 Å². The lowest BCUT2D eigenvalue weighted by Gasteiger charge is -2.13. The van der Waals surface area contributed by atoms with Crippen LogP contribution in [0.2, 0.25) is 0 Å². The Balaban J connectivity index is 1.67. The van der Waals surface area contributed by atoms with Gasteiger partial charge < -0.3 is 23.9 Å². The Hall–Kier alpha value is -3.26. The first-order valence-corrected chi connectivity index (χ1v) is 11.3. The van der Waals surface area contributed by atoms with E-state index in [-0.39, 0.29) is 5.91 Å². The zero-order valence-corrected chi connectivity index (χ0v) is 19.2. The summed E-state index contributed by atoms with van der Waals surface area (Å²) in [6.45, 7) is 0.336. The molecule has 2 heterocycles.